The van der Waals surface area contributed by atoms with Crippen molar-refractivity contribution < 1.29 is 0 Å². The predicted molar refractivity (Wildman–Crippen MR) is 147 cm³/mol. The van der Waals surface area contributed by atoms with Crippen LogP contribution in [0.4, 0.5) is 0 Å². The van der Waals surface area contributed by atoms with Gasteiger partial charge in [-0.25, -0.2) is 0 Å². The number of benzene rings is 3. The average Bonchev–Trinajstić information content (AvgIpc) is 3.25. The van der Waals surface area contributed by atoms with Crippen molar-refractivity contribution in [3.05, 3.63) is 146 Å². The molecule has 0 spiro atoms. The smallest absolute Gasteiger partial charge is 0.0783 e. The minimum Gasteiger partial charge on any atom is -0.128 e. The Kier molecular flexibility index (Phi) is 6.57. The van der Waals surface area contributed by atoms with Gasteiger partial charge in [-0.15, -0.1) is 11.3 Å². The molecule has 1 aliphatic rings. The number of hydrogen-bond donors (Lipinski definition) is 0. The van der Waals surface area contributed by atoms with Crippen LogP contribution in [0.3, 0.4) is 0 Å². The third-order valence-electron chi connectivity index (χ3n) is 6.03. The van der Waals surface area contributed by atoms with Gasteiger partial charge in [-0.05, 0) is 75.2 Å². The van der Waals surface area contributed by atoms with E-state index >= 15 is 0 Å². The molecule has 0 atom stereocenters. The Balaban J connectivity index is 1.83. The topological polar surface area (TPSA) is 0 Å². The van der Waals surface area contributed by atoms with Crippen LogP contribution in [0.5, 0.6) is 0 Å². The molecule has 0 amide bonds. The quantitative estimate of drug-likeness (QED) is 0.235. The molecule has 1 aliphatic carbocycles. The maximum atomic E-state index is 3.89. The highest BCUT2D eigenvalue weighted by Crippen LogP contribution is 2.44. The Labute approximate surface area is 208 Å². The molecule has 162 valence electrons. The molecular formula is C31H25BrS. The summed E-state index contributed by atoms with van der Waals surface area (Å²) in [7, 11) is 0. The van der Waals surface area contributed by atoms with Crippen molar-refractivity contribution in [2.75, 3.05) is 0 Å². The first kappa shape index (κ1) is 21.9. The van der Waals surface area contributed by atoms with Crippen molar-refractivity contribution in [2.45, 2.75) is 19.8 Å². The lowest BCUT2D eigenvalue weighted by Crippen LogP contribution is -1.98. The summed E-state index contributed by atoms with van der Waals surface area (Å²) in [5.74, 6) is 0. The van der Waals surface area contributed by atoms with Gasteiger partial charge >= 0.3 is 0 Å². The summed E-state index contributed by atoms with van der Waals surface area (Å²) in [5, 5.41) is 0. The van der Waals surface area contributed by atoms with Gasteiger partial charge in [-0.1, -0.05) is 103 Å². The Bertz CT molecular complexity index is 1350. The zero-order chi connectivity index (χ0) is 22.6. The summed E-state index contributed by atoms with van der Waals surface area (Å²) in [5.41, 5.74) is 10.1. The van der Waals surface area contributed by atoms with Gasteiger partial charge in [-0.2, -0.15) is 0 Å². The summed E-state index contributed by atoms with van der Waals surface area (Å²) in [6, 6.07) is 32.7. The zero-order valence-electron chi connectivity index (χ0n) is 18.6. The number of allylic oxidation sites excluding steroid dienone is 4. The minimum absolute atomic E-state index is 1.10. The average molecular weight is 510 g/mol. The van der Waals surface area contributed by atoms with Crippen LogP contribution in [0.1, 0.15) is 45.5 Å². The molecule has 1 heterocycles. The second-order valence-electron chi connectivity index (χ2n) is 8.23. The van der Waals surface area contributed by atoms with Gasteiger partial charge in [-0.3, -0.25) is 0 Å². The van der Waals surface area contributed by atoms with E-state index in [0.29, 0.717) is 0 Å². The van der Waals surface area contributed by atoms with Crippen LogP contribution in [0.25, 0.3) is 16.7 Å². The monoisotopic (exact) mass is 508 g/mol. The maximum absolute atomic E-state index is 3.89. The van der Waals surface area contributed by atoms with E-state index < -0.39 is 0 Å². The van der Waals surface area contributed by atoms with Gasteiger partial charge in [0.05, 0.1) is 3.79 Å². The Morgan fingerprint density at radius 1 is 0.758 bits per heavy atom. The Morgan fingerprint density at radius 3 is 2.03 bits per heavy atom. The molecule has 0 aliphatic heterocycles. The van der Waals surface area contributed by atoms with E-state index in [1.54, 1.807) is 0 Å². The molecule has 2 heteroatoms. The molecule has 1 aromatic heterocycles. The number of aryl methyl sites for hydroxylation is 1. The van der Waals surface area contributed by atoms with E-state index in [1.807, 2.05) is 11.3 Å². The van der Waals surface area contributed by atoms with Gasteiger partial charge in [0.15, 0.2) is 0 Å². The number of hydrogen-bond acceptors (Lipinski definition) is 1. The van der Waals surface area contributed by atoms with Gasteiger partial charge in [0.25, 0.3) is 0 Å². The number of halogens is 1. The molecule has 33 heavy (non-hydrogen) atoms. The van der Waals surface area contributed by atoms with Gasteiger partial charge in [0, 0.05) is 16.0 Å². The molecule has 0 saturated heterocycles. The fraction of sp³-hybridized carbons (Fsp3) is 0.0968. The molecule has 0 N–H and O–H groups in total. The van der Waals surface area contributed by atoms with E-state index in [4.69, 9.17) is 0 Å². The van der Waals surface area contributed by atoms with Crippen molar-refractivity contribution in [2.24, 2.45) is 0 Å². The summed E-state index contributed by atoms with van der Waals surface area (Å²) >= 11 is 5.71. The molecule has 0 nitrogen and oxygen atoms in total. The lowest BCUT2D eigenvalue weighted by Gasteiger charge is -2.18. The lowest BCUT2D eigenvalue weighted by molar-refractivity contribution is 1.04. The predicted octanol–water partition coefficient (Wildman–Crippen LogP) is 9.56. The van der Waals surface area contributed by atoms with E-state index in [2.05, 4.69) is 132 Å². The van der Waals surface area contributed by atoms with Crippen molar-refractivity contribution >= 4 is 44.0 Å². The van der Waals surface area contributed by atoms with Crippen LogP contribution >= 0.6 is 27.3 Å². The minimum atomic E-state index is 1.10. The molecule has 0 saturated carbocycles. The van der Waals surface area contributed by atoms with Gasteiger partial charge in [0.2, 0.25) is 0 Å². The van der Waals surface area contributed by atoms with Crippen molar-refractivity contribution in [3.63, 3.8) is 0 Å². The third-order valence-corrected chi connectivity index (χ3v) is 7.88. The molecule has 0 radical (unpaired) electrons. The fourth-order valence-electron chi connectivity index (χ4n) is 4.41. The van der Waals surface area contributed by atoms with Crippen LogP contribution in [0.15, 0.2) is 113 Å². The summed E-state index contributed by atoms with van der Waals surface area (Å²) in [6.07, 6.45) is 9.10. The van der Waals surface area contributed by atoms with Crippen LogP contribution < -0.4 is 0 Å². The Hall–Kier alpha value is -2.94. The van der Waals surface area contributed by atoms with Gasteiger partial charge in [0.1, 0.15) is 0 Å². The molecule has 4 aromatic rings. The lowest BCUT2D eigenvalue weighted by atomic mass is 9.86. The third kappa shape index (κ3) is 4.59. The largest absolute Gasteiger partial charge is 0.128 e. The first-order valence-corrected chi connectivity index (χ1v) is 12.9. The number of thiophene rings is 1. The maximum Gasteiger partial charge on any atom is 0.0783 e. The normalized spacial score (nSPS) is 14.1. The fourth-order valence-corrected chi connectivity index (χ4v) is 6.25. The van der Waals surface area contributed by atoms with Crippen molar-refractivity contribution in [1.82, 2.24) is 0 Å². The SMILES string of the molecule is Cc1ccccc1/C(=C(/c1ccccc1)c1cc(C2=CCCC=C2)c(Br)s1)c1ccccc1. The van der Waals surface area contributed by atoms with Crippen molar-refractivity contribution in [3.8, 4) is 0 Å². The molecule has 0 unspecified atom stereocenters. The second kappa shape index (κ2) is 9.91. The van der Waals surface area contributed by atoms with Gasteiger partial charge < -0.3 is 0 Å². The highest BCUT2D eigenvalue weighted by atomic mass is 79.9. The summed E-state index contributed by atoms with van der Waals surface area (Å²) in [6.45, 7) is 2.20. The molecule has 0 fully saturated rings. The van der Waals surface area contributed by atoms with E-state index in [9.17, 15) is 0 Å². The molecule has 5 rings (SSSR count). The first-order valence-electron chi connectivity index (χ1n) is 11.3. The van der Waals surface area contributed by atoms with Crippen LogP contribution in [0.2, 0.25) is 0 Å². The second-order valence-corrected chi connectivity index (χ2v) is 10.6. The molecular weight excluding hydrogens is 484 g/mol. The van der Waals surface area contributed by atoms with E-state index in [0.717, 1.165) is 12.8 Å². The highest BCUT2D eigenvalue weighted by molar-refractivity contribution is 9.11. The van der Waals surface area contributed by atoms with Crippen LogP contribution in [-0.2, 0) is 0 Å². The number of rotatable bonds is 5. The van der Waals surface area contributed by atoms with Crippen LogP contribution in [-0.4, -0.2) is 0 Å². The molecule has 3 aromatic carbocycles. The molecule has 0 bridgehead atoms. The van der Waals surface area contributed by atoms with E-state index in [-0.39, 0.29) is 0 Å². The van der Waals surface area contributed by atoms with E-state index in [1.165, 1.54) is 53.2 Å². The standard InChI is InChI=1S/C31H25BrS/c1-22-13-11-12-20-26(22)29(24-16-7-3-8-17-24)30(25-18-9-4-10-19-25)28-21-27(31(32)33-28)23-14-5-2-6-15-23/h3-5,7-21H,2,6H2,1H3/b30-29-. The first-order chi connectivity index (χ1) is 16.2. The van der Waals surface area contributed by atoms with Crippen molar-refractivity contribution in [1.29, 1.82) is 0 Å². The summed E-state index contributed by atoms with van der Waals surface area (Å²) < 4.78 is 1.18. The zero-order valence-corrected chi connectivity index (χ0v) is 21.0. The highest BCUT2D eigenvalue weighted by Gasteiger charge is 2.21. The van der Waals surface area contributed by atoms with Crippen LogP contribution in [0, 0.1) is 6.92 Å². The Morgan fingerprint density at radius 2 is 1.39 bits per heavy atom. The summed E-state index contributed by atoms with van der Waals surface area (Å²) in [4.78, 5) is 1.27.